The van der Waals surface area contributed by atoms with Crippen LogP contribution in [0, 0.1) is 12.8 Å². The molecule has 1 fully saturated rings. The molecule has 3 heteroatoms. The van der Waals surface area contributed by atoms with E-state index in [1.165, 1.54) is 12.0 Å². The van der Waals surface area contributed by atoms with E-state index in [4.69, 9.17) is 5.73 Å². The van der Waals surface area contributed by atoms with Gasteiger partial charge in [0, 0.05) is 31.0 Å². The van der Waals surface area contributed by atoms with Crippen LogP contribution in [0.25, 0.3) is 0 Å². The van der Waals surface area contributed by atoms with E-state index in [2.05, 4.69) is 28.9 Å². The van der Waals surface area contributed by atoms with Crippen molar-refractivity contribution in [1.29, 1.82) is 0 Å². The van der Waals surface area contributed by atoms with Gasteiger partial charge in [-0.1, -0.05) is 19.4 Å². The molecule has 0 radical (unpaired) electrons. The maximum Gasteiger partial charge on any atom is 0.0372 e. The van der Waals surface area contributed by atoms with Gasteiger partial charge in [0.05, 0.1) is 0 Å². The van der Waals surface area contributed by atoms with Crippen LogP contribution in [-0.2, 0) is 6.54 Å². The van der Waals surface area contributed by atoms with Crippen LogP contribution in [0.2, 0.25) is 0 Å². The summed E-state index contributed by atoms with van der Waals surface area (Å²) >= 11 is 0. The molecule has 17 heavy (non-hydrogen) atoms. The molecule has 2 rings (SSSR count). The fourth-order valence-electron chi connectivity index (χ4n) is 2.55. The molecular formula is C14H23N3. The number of nitrogens with zero attached hydrogens (tertiary/aromatic N) is 2. The molecular weight excluding hydrogens is 210 g/mol. The Labute approximate surface area is 104 Å². The first kappa shape index (κ1) is 12.5. The van der Waals surface area contributed by atoms with Crippen molar-refractivity contribution in [2.24, 2.45) is 11.7 Å². The highest BCUT2D eigenvalue weighted by Gasteiger charge is 2.24. The van der Waals surface area contributed by atoms with E-state index in [0.29, 0.717) is 12.0 Å². The quantitative estimate of drug-likeness (QED) is 0.867. The van der Waals surface area contributed by atoms with Crippen molar-refractivity contribution in [2.75, 3.05) is 13.1 Å². The van der Waals surface area contributed by atoms with Crippen LogP contribution >= 0.6 is 0 Å². The number of pyridine rings is 1. The van der Waals surface area contributed by atoms with Gasteiger partial charge in [0.2, 0.25) is 0 Å². The molecule has 1 aromatic heterocycles. The predicted molar refractivity (Wildman–Crippen MR) is 70.6 cm³/mol. The average molecular weight is 233 g/mol. The first-order valence-corrected chi connectivity index (χ1v) is 6.58. The number of aryl methyl sites for hydroxylation is 1. The van der Waals surface area contributed by atoms with Gasteiger partial charge in [-0.05, 0) is 37.4 Å². The van der Waals surface area contributed by atoms with E-state index in [1.807, 2.05) is 13.1 Å². The molecule has 2 heterocycles. The summed E-state index contributed by atoms with van der Waals surface area (Å²) < 4.78 is 0. The Balaban J connectivity index is 1.93. The van der Waals surface area contributed by atoms with Gasteiger partial charge in [-0.15, -0.1) is 0 Å². The molecule has 94 valence electrons. The Kier molecular flexibility index (Phi) is 4.13. The molecule has 1 aliphatic heterocycles. The van der Waals surface area contributed by atoms with E-state index in [1.54, 1.807) is 0 Å². The van der Waals surface area contributed by atoms with Crippen LogP contribution in [0.5, 0.6) is 0 Å². The maximum atomic E-state index is 6.13. The lowest BCUT2D eigenvalue weighted by Gasteiger charge is -2.36. The van der Waals surface area contributed by atoms with E-state index in [-0.39, 0.29) is 0 Å². The van der Waals surface area contributed by atoms with Gasteiger partial charge < -0.3 is 5.73 Å². The molecule has 0 aliphatic carbocycles. The normalized spacial score (nSPS) is 26.1. The van der Waals surface area contributed by atoms with Crippen LogP contribution in [-0.4, -0.2) is 29.0 Å². The lowest BCUT2D eigenvalue weighted by molar-refractivity contribution is 0.145. The van der Waals surface area contributed by atoms with E-state index in [0.717, 1.165) is 31.7 Å². The zero-order valence-corrected chi connectivity index (χ0v) is 10.9. The fraction of sp³-hybridized carbons (Fsp3) is 0.643. The number of nitrogens with two attached hydrogens (primary N) is 1. The summed E-state index contributed by atoms with van der Waals surface area (Å²) in [6.07, 6.45) is 4.30. The highest BCUT2D eigenvalue weighted by atomic mass is 15.1. The number of hydrogen-bond donors (Lipinski definition) is 1. The largest absolute Gasteiger partial charge is 0.327 e. The minimum Gasteiger partial charge on any atom is -0.327 e. The van der Waals surface area contributed by atoms with Gasteiger partial charge in [0.15, 0.2) is 0 Å². The number of rotatable bonds is 3. The Hall–Kier alpha value is -0.930. The SMILES string of the molecule is CCC1CN(Cc2ccc(C)nc2)CCC1N. The first-order valence-electron chi connectivity index (χ1n) is 6.58. The average Bonchev–Trinajstić information content (AvgIpc) is 2.34. The minimum atomic E-state index is 0.396. The molecule has 1 aliphatic rings. The highest BCUT2D eigenvalue weighted by Crippen LogP contribution is 2.20. The standard InChI is InChI=1S/C14H23N3/c1-3-13-10-17(7-6-14(13)15)9-12-5-4-11(2)16-8-12/h4-5,8,13-14H,3,6-7,9-10,15H2,1-2H3. The molecule has 1 aromatic rings. The third-order valence-electron chi connectivity index (χ3n) is 3.78. The van der Waals surface area contributed by atoms with E-state index >= 15 is 0 Å². The second kappa shape index (κ2) is 5.61. The van der Waals surface area contributed by atoms with Crippen molar-refractivity contribution >= 4 is 0 Å². The van der Waals surface area contributed by atoms with Crippen LogP contribution in [0.3, 0.4) is 0 Å². The Bertz CT molecular complexity index is 347. The molecule has 2 N–H and O–H groups in total. The third-order valence-corrected chi connectivity index (χ3v) is 3.78. The minimum absolute atomic E-state index is 0.396. The molecule has 2 unspecified atom stereocenters. The maximum absolute atomic E-state index is 6.13. The number of likely N-dealkylation sites (tertiary alicyclic amines) is 1. The molecule has 0 amide bonds. The van der Waals surface area contributed by atoms with Gasteiger partial charge in [0.25, 0.3) is 0 Å². The van der Waals surface area contributed by atoms with E-state index in [9.17, 15) is 0 Å². The van der Waals surface area contributed by atoms with Crippen LogP contribution in [0.4, 0.5) is 0 Å². The van der Waals surface area contributed by atoms with Crippen molar-refractivity contribution in [3.8, 4) is 0 Å². The molecule has 3 nitrogen and oxygen atoms in total. The molecule has 1 saturated heterocycles. The zero-order chi connectivity index (χ0) is 12.3. The van der Waals surface area contributed by atoms with Crippen molar-refractivity contribution in [3.05, 3.63) is 29.6 Å². The summed E-state index contributed by atoms with van der Waals surface area (Å²) in [7, 11) is 0. The van der Waals surface area contributed by atoms with Crippen LogP contribution < -0.4 is 5.73 Å². The van der Waals surface area contributed by atoms with Gasteiger partial charge in [-0.3, -0.25) is 9.88 Å². The molecule has 0 spiro atoms. The second-order valence-corrected chi connectivity index (χ2v) is 5.16. The topological polar surface area (TPSA) is 42.2 Å². The van der Waals surface area contributed by atoms with Gasteiger partial charge >= 0.3 is 0 Å². The number of hydrogen-bond acceptors (Lipinski definition) is 3. The molecule has 0 saturated carbocycles. The van der Waals surface area contributed by atoms with Gasteiger partial charge in [-0.2, -0.15) is 0 Å². The highest BCUT2D eigenvalue weighted by molar-refractivity contribution is 5.13. The first-order chi connectivity index (χ1) is 8.19. The molecule has 2 atom stereocenters. The number of piperidine rings is 1. The summed E-state index contributed by atoms with van der Waals surface area (Å²) in [5.41, 5.74) is 8.52. The summed E-state index contributed by atoms with van der Waals surface area (Å²) in [6, 6.07) is 4.66. The van der Waals surface area contributed by atoms with Crippen molar-refractivity contribution in [1.82, 2.24) is 9.88 Å². The third kappa shape index (κ3) is 3.27. The smallest absolute Gasteiger partial charge is 0.0372 e. The Morgan fingerprint density at radius 1 is 1.47 bits per heavy atom. The summed E-state index contributed by atoms with van der Waals surface area (Å²) in [5.74, 6) is 0.655. The van der Waals surface area contributed by atoms with Crippen molar-refractivity contribution in [2.45, 2.75) is 39.3 Å². The molecule has 0 bridgehead atoms. The van der Waals surface area contributed by atoms with Crippen LogP contribution in [0.1, 0.15) is 31.0 Å². The second-order valence-electron chi connectivity index (χ2n) is 5.16. The summed E-state index contributed by atoms with van der Waals surface area (Å²) in [4.78, 5) is 6.85. The van der Waals surface area contributed by atoms with Crippen LogP contribution in [0.15, 0.2) is 18.3 Å². The fourth-order valence-corrected chi connectivity index (χ4v) is 2.55. The Morgan fingerprint density at radius 2 is 2.29 bits per heavy atom. The summed E-state index contributed by atoms with van der Waals surface area (Å²) in [5, 5.41) is 0. The van der Waals surface area contributed by atoms with Crippen molar-refractivity contribution in [3.63, 3.8) is 0 Å². The zero-order valence-electron chi connectivity index (χ0n) is 10.9. The van der Waals surface area contributed by atoms with Gasteiger partial charge in [-0.25, -0.2) is 0 Å². The Morgan fingerprint density at radius 3 is 2.94 bits per heavy atom. The summed E-state index contributed by atoms with van der Waals surface area (Å²) in [6.45, 7) is 7.52. The monoisotopic (exact) mass is 233 g/mol. The lowest BCUT2D eigenvalue weighted by Crippen LogP contribution is -2.46. The predicted octanol–water partition coefficient (Wildman–Crippen LogP) is 1.95. The number of aromatic nitrogens is 1. The van der Waals surface area contributed by atoms with Gasteiger partial charge in [0.1, 0.15) is 0 Å². The van der Waals surface area contributed by atoms with Crippen molar-refractivity contribution < 1.29 is 0 Å². The van der Waals surface area contributed by atoms with E-state index < -0.39 is 0 Å². The lowest BCUT2D eigenvalue weighted by atomic mass is 9.90. The molecule has 0 aromatic carbocycles.